The predicted octanol–water partition coefficient (Wildman–Crippen LogP) is 3.37. The molecular formula is C15H11N3O5S. The van der Waals surface area contributed by atoms with Crippen LogP contribution < -0.4 is 0 Å². The summed E-state index contributed by atoms with van der Waals surface area (Å²) >= 11 is 1.50. The summed E-state index contributed by atoms with van der Waals surface area (Å²) in [6.45, 7) is 1.38. The number of carbonyl (C=O) groups excluding carboxylic acids is 1. The SMILES string of the molecule is Cc1ccc(C(=O)OCc2nc(-c3ccsc3)no2)cc1[N+](=O)[O-]. The van der Waals surface area contributed by atoms with Crippen molar-refractivity contribution in [3.05, 3.63) is 62.2 Å². The molecule has 122 valence electrons. The number of thiophene rings is 1. The standard InChI is InChI=1S/C15H11N3O5S/c1-9-2-3-10(6-12(9)18(20)21)15(19)22-7-13-16-14(17-23-13)11-4-5-24-8-11/h2-6,8H,7H2,1H3. The number of hydrogen-bond acceptors (Lipinski definition) is 8. The molecule has 0 fully saturated rings. The highest BCUT2D eigenvalue weighted by atomic mass is 32.1. The van der Waals surface area contributed by atoms with Crippen LogP contribution in [0.5, 0.6) is 0 Å². The number of nitrogens with zero attached hydrogens (tertiary/aromatic N) is 3. The summed E-state index contributed by atoms with van der Waals surface area (Å²) < 4.78 is 10.1. The Kier molecular flexibility index (Phi) is 4.34. The van der Waals surface area contributed by atoms with Crippen LogP contribution in [0.1, 0.15) is 21.8 Å². The highest BCUT2D eigenvalue weighted by molar-refractivity contribution is 7.08. The molecule has 0 N–H and O–H groups in total. The molecular weight excluding hydrogens is 334 g/mol. The lowest BCUT2D eigenvalue weighted by Crippen LogP contribution is -2.06. The van der Waals surface area contributed by atoms with Crippen LogP contribution in [-0.4, -0.2) is 21.0 Å². The maximum absolute atomic E-state index is 12.0. The van der Waals surface area contributed by atoms with Crippen LogP contribution in [0.2, 0.25) is 0 Å². The minimum absolute atomic E-state index is 0.0878. The fraction of sp³-hybridized carbons (Fsp3) is 0.133. The summed E-state index contributed by atoms with van der Waals surface area (Å²) in [6.07, 6.45) is 0. The van der Waals surface area contributed by atoms with Gasteiger partial charge in [-0.2, -0.15) is 16.3 Å². The van der Waals surface area contributed by atoms with E-state index in [2.05, 4.69) is 10.1 Å². The van der Waals surface area contributed by atoms with Crippen LogP contribution in [-0.2, 0) is 11.3 Å². The summed E-state index contributed by atoms with van der Waals surface area (Å²) in [7, 11) is 0. The van der Waals surface area contributed by atoms with Crippen molar-refractivity contribution in [2.45, 2.75) is 13.5 Å². The minimum Gasteiger partial charge on any atom is -0.452 e. The summed E-state index contributed by atoms with van der Waals surface area (Å²) in [5.41, 5.74) is 1.23. The lowest BCUT2D eigenvalue weighted by atomic mass is 10.1. The molecule has 0 saturated heterocycles. The van der Waals surface area contributed by atoms with Crippen molar-refractivity contribution < 1.29 is 19.0 Å². The van der Waals surface area contributed by atoms with Gasteiger partial charge in [0, 0.05) is 22.6 Å². The zero-order chi connectivity index (χ0) is 17.1. The molecule has 0 aliphatic carbocycles. The molecule has 0 aliphatic heterocycles. The number of aryl methyl sites for hydroxylation is 1. The maximum atomic E-state index is 12.0. The van der Waals surface area contributed by atoms with Gasteiger partial charge in [-0.15, -0.1) is 0 Å². The van der Waals surface area contributed by atoms with Crippen LogP contribution >= 0.6 is 11.3 Å². The van der Waals surface area contributed by atoms with Gasteiger partial charge < -0.3 is 9.26 Å². The molecule has 1 aromatic carbocycles. The fourth-order valence-electron chi connectivity index (χ4n) is 1.97. The van der Waals surface area contributed by atoms with Crippen molar-refractivity contribution in [1.82, 2.24) is 10.1 Å². The Labute approximate surface area is 139 Å². The Morgan fingerprint density at radius 3 is 2.96 bits per heavy atom. The molecule has 0 spiro atoms. The first-order valence-electron chi connectivity index (χ1n) is 6.82. The average molecular weight is 345 g/mol. The zero-order valence-corrected chi connectivity index (χ0v) is 13.3. The lowest BCUT2D eigenvalue weighted by molar-refractivity contribution is -0.385. The lowest BCUT2D eigenvalue weighted by Gasteiger charge is -2.03. The predicted molar refractivity (Wildman–Crippen MR) is 84.6 cm³/mol. The summed E-state index contributed by atoms with van der Waals surface area (Å²) in [6, 6.07) is 5.99. The number of hydrogen-bond donors (Lipinski definition) is 0. The number of nitro groups is 1. The quantitative estimate of drug-likeness (QED) is 0.396. The van der Waals surface area contributed by atoms with E-state index in [-0.39, 0.29) is 23.7 Å². The van der Waals surface area contributed by atoms with Gasteiger partial charge in [0.15, 0.2) is 6.61 Å². The molecule has 0 saturated carbocycles. The zero-order valence-electron chi connectivity index (χ0n) is 12.5. The van der Waals surface area contributed by atoms with Crippen LogP contribution in [0.4, 0.5) is 5.69 Å². The third kappa shape index (κ3) is 3.30. The molecule has 0 radical (unpaired) electrons. The van der Waals surface area contributed by atoms with Crippen LogP contribution in [0.25, 0.3) is 11.4 Å². The number of rotatable bonds is 5. The van der Waals surface area contributed by atoms with Gasteiger partial charge in [-0.05, 0) is 24.4 Å². The van der Waals surface area contributed by atoms with E-state index < -0.39 is 10.9 Å². The first-order valence-corrected chi connectivity index (χ1v) is 7.76. The van der Waals surface area contributed by atoms with E-state index in [4.69, 9.17) is 9.26 Å². The number of nitro benzene ring substituents is 1. The van der Waals surface area contributed by atoms with Gasteiger partial charge >= 0.3 is 5.97 Å². The number of esters is 1. The van der Waals surface area contributed by atoms with E-state index in [1.165, 1.54) is 29.5 Å². The normalized spacial score (nSPS) is 10.5. The molecule has 2 heterocycles. The van der Waals surface area contributed by atoms with Crippen LogP contribution in [0, 0.1) is 17.0 Å². The average Bonchev–Trinajstić information content (AvgIpc) is 3.24. The highest BCUT2D eigenvalue weighted by Crippen LogP contribution is 2.21. The second-order valence-electron chi connectivity index (χ2n) is 4.86. The van der Waals surface area contributed by atoms with E-state index >= 15 is 0 Å². The van der Waals surface area contributed by atoms with Crippen molar-refractivity contribution in [3.8, 4) is 11.4 Å². The third-order valence-electron chi connectivity index (χ3n) is 3.22. The van der Waals surface area contributed by atoms with E-state index in [1.54, 1.807) is 6.92 Å². The topological polar surface area (TPSA) is 108 Å². The highest BCUT2D eigenvalue weighted by Gasteiger charge is 2.17. The largest absolute Gasteiger partial charge is 0.452 e. The molecule has 0 aliphatic rings. The number of aromatic nitrogens is 2. The Balaban J connectivity index is 1.68. The van der Waals surface area contributed by atoms with E-state index in [9.17, 15) is 14.9 Å². The molecule has 3 aromatic rings. The summed E-state index contributed by atoms with van der Waals surface area (Å²) in [5, 5.41) is 18.5. The maximum Gasteiger partial charge on any atom is 0.338 e. The van der Waals surface area contributed by atoms with Gasteiger partial charge in [0.1, 0.15) is 0 Å². The van der Waals surface area contributed by atoms with Crippen molar-refractivity contribution in [3.63, 3.8) is 0 Å². The second-order valence-corrected chi connectivity index (χ2v) is 5.64. The number of carbonyl (C=O) groups is 1. The number of benzene rings is 1. The van der Waals surface area contributed by atoms with Crippen molar-refractivity contribution in [1.29, 1.82) is 0 Å². The third-order valence-corrected chi connectivity index (χ3v) is 3.90. The van der Waals surface area contributed by atoms with Crippen molar-refractivity contribution >= 4 is 23.0 Å². The summed E-state index contributed by atoms with van der Waals surface area (Å²) in [4.78, 5) is 26.5. The van der Waals surface area contributed by atoms with E-state index in [0.717, 1.165) is 5.56 Å². The Hall–Kier alpha value is -3.07. The molecule has 3 rings (SSSR count). The molecule has 0 unspecified atom stereocenters. The molecule has 9 heteroatoms. The fourth-order valence-corrected chi connectivity index (χ4v) is 2.60. The van der Waals surface area contributed by atoms with Gasteiger partial charge in [0.2, 0.25) is 5.82 Å². The molecule has 8 nitrogen and oxygen atoms in total. The Morgan fingerprint density at radius 2 is 2.25 bits per heavy atom. The van der Waals surface area contributed by atoms with Crippen molar-refractivity contribution in [2.24, 2.45) is 0 Å². The monoisotopic (exact) mass is 345 g/mol. The second kappa shape index (κ2) is 6.59. The van der Waals surface area contributed by atoms with Gasteiger partial charge in [-0.1, -0.05) is 11.2 Å². The Bertz CT molecular complexity index is 888. The van der Waals surface area contributed by atoms with Gasteiger partial charge in [-0.25, -0.2) is 4.79 Å². The Morgan fingerprint density at radius 1 is 1.42 bits per heavy atom. The van der Waals surface area contributed by atoms with E-state index in [0.29, 0.717) is 11.4 Å². The molecule has 0 bridgehead atoms. The molecule has 2 aromatic heterocycles. The number of ether oxygens (including phenoxy) is 1. The molecule has 0 atom stereocenters. The van der Waals surface area contributed by atoms with Gasteiger partial charge in [-0.3, -0.25) is 10.1 Å². The van der Waals surface area contributed by atoms with Crippen LogP contribution in [0.15, 0.2) is 39.5 Å². The minimum atomic E-state index is -0.701. The molecule has 24 heavy (non-hydrogen) atoms. The summed E-state index contributed by atoms with van der Waals surface area (Å²) in [5.74, 6) is -0.146. The van der Waals surface area contributed by atoms with E-state index in [1.807, 2.05) is 16.8 Å². The first-order chi connectivity index (χ1) is 11.5. The van der Waals surface area contributed by atoms with Gasteiger partial charge in [0.05, 0.1) is 10.5 Å². The first kappa shape index (κ1) is 15.8. The smallest absolute Gasteiger partial charge is 0.338 e. The van der Waals surface area contributed by atoms with Crippen LogP contribution in [0.3, 0.4) is 0 Å². The molecule has 0 amide bonds. The van der Waals surface area contributed by atoms with Gasteiger partial charge in [0.25, 0.3) is 11.6 Å². The van der Waals surface area contributed by atoms with Crippen molar-refractivity contribution in [2.75, 3.05) is 0 Å².